The first-order valence-corrected chi connectivity index (χ1v) is 7.31. The maximum Gasteiger partial charge on any atom is 0.328 e. The summed E-state index contributed by atoms with van der Waals surface area (Å²) in [5, 5.41) is 9.15. The molecule has 3 nitrogen and oxygen atoms in total. The van der Waals surface area contributed by atoms with Crippen molar-refractivity contribution in [3.63, 3.8) is 0 Å². The van der Waals surface area contributed by atoms with Crippen molar-refractivity contribution in [2.75, 3.05) is 0 Å². The molecule has 0 aliphatic heterocycles. The average Bonchev–Trinajstić information content (AvgIpc) is 2.45. The van der Waals surface area contributed by atoms with Gasteiger partial charge in [-0.2, -0.15) is 0 Å². The van der Waals surface area contributed by atoms with Gasteiger partial charge in [-0.1, -0.05) is 57.9 Å². The Hall–Kier alpha value is -1.78. The summed E-state index contributed by atoms with van der Waals surface area (Å²) in [6.45, 7) is 0.332. The van der Waals surface area contributed by atoms with Gasteiger partial charge in [-0.3, -0.25) is 0 Å². The second-order valence-corrected chi connectivity index (χ2v) is 5.47. The van der Waals surface area contributed by atoms with Gasteiger partial charge in [-0.25, -0.2) is 4.79 Å². The van der Waals surface area contributed by atoms with Gasteiger partial charge in [0.25, 0.3) is 0 Å². The first kappa shape index (κ1) is 15.6. The van der Waals surface area contributed by atoms with E-state index in [0.29, 0.717) is 22.9 Å². The first-order chi connectivity index (χ1) is 10.1. The van der Waals surface area contributed by atoms with E-state index in [1.807, 2.05) is 24.3 Å². The summed E-state index contributed by atoms with van der Waals surface area (Å²) in [7, 11) is 0. The fourth-order valence-corrected chi connectivity index (χ4v) is 2.37. The Labute approximate surface area is 135 Å². The van der Waals surface area contributed by atoms with Crippen molar-refractivity contribution in [1.82, 2.24) is 0 Å². The van der Waals surface area contributed by atoms with Crippen LogP contribution >= 0.6 is 27.5 Å². The zero-order valence-electron chi connectivity index (χ0n) is 10.9. The van der Waals surface area contributed by atoms with Crippen LogP contribution < -0.4 is 4.74 Å². The summed E-state index contributed by atoms with van der Waals surface area (Å²) < 4.78 is 6.71. The SMILES string of the molecule is O=C(O)/C=C/c1cccc(Cl)c1OCc1ccccc1Br. The van der Waals surface area contributed by atoms with E-state index in [2.05, 4.69) is 15.9 Å². The van der Waals surface area contributed by atoms with Crippen molar-refractivity contribution >= 4 is 39.6 Å². The lowest BCUT2D eigenvalue weighted by molar-refractivity contribution is -0.131. The van der Waals surface area contributed by atoms with Crippen LogP contribution in [0.3, 0.4) is 0 Å². The molecular weight excluding hydrogens is 356 g/mol. The average molecular weight is 368 g/mol. The molecule has 0 heterocycles. The van der Waals surface area contributed by atoms with E-state index in [9.17, 15) is 4.79 Å². The monoisotopic (exact) mass is 366 g/mol. The van der Waals surface area contributed by atoms with Gasteiger partial charge in [-0.05, 0) is 18.2 Å². The van der Waals surface area contributed by atoms with Gasteiger partial charge in [0.1, 0.15) is 12.4 Å². The van der Waals surface area contributed by atoms with Crippen LogP contribution in [0.25, 0.3) is 6.08 Å². The van der Waals surface area contributed by atoms with Gasteiger partial charge < -0.3 is 9.84 Å². The molecule has 0 saturated carbocycles. The molecule has 0 saturated heterocycles. The molecule has 0 spiro atoms. The molecule has 2 rings (SSSR count). The first-order valence-electron chi connectivity index (χ1n) is 6.13. The normalized spacial score (nSPS) is 10.8. The number of ether oxygens (including phenoxy) is 1. The van der Waals surface area contributed by atoms with Gasteiger partial charge in [0.05, 0.1) is 5.02 Å². The van der Waals surface area contributed by atoms with Crippen LogP contribution in [0.2, 0.25) is 5.02 Å². The Balaban J connectivity index is 2.23. The molecule has 0 radical (unpaired) electrons. The third kappa shape index (κ3) is 4.34. The number of halogens is 2. The van der Waals surface area contributed by atoms with E-state index >= 15 is 0 Å². The molecule has 0 unspecified atom stereocenters. The van der Waals surface area contributed by atoms with Gasteiger partial charge >= 0.3 is 5.97 Å². The molecule has 108 valence electrons. The maximum atomic E-state index is 10.6. The van der Waals surface area contributed by atoms with Crippen LogP contribution in [-0.4, -0.2) is 11.1 Å². The van der Waals surface area contributed by atoms with Crippen LogP contribution in [0.5, 0.6) is 5.75 Å². The van der Waals surface area contributed by atoms with Crippen LogP contribution in [0.1, 0.15) is 11.1 Å². The number of para-hydroxylation sites is 1. The quantitative estimate of drug-likeness (QED) is 0.774. The fraction of sp³-hybridized carbons (Fsp3) is 0.0625. The van der Waals surface area contributed by atoms with Crippen molar-refractivity contribution in [3.05, 3.63) is 69.2 Å². The highest BCUT2D eigenvalue weighted by atomic mass is 79.9. The summed E-state index contributed by atoms with van der Waals surface area (Å²) in [5.74, 6) is -0.556. The molecule has 2 aromatic rings. The minimum Gasteiger partial charge on any atom is -0.487 e. The zero-order valence-corrected chi connectivity index (χ0v) is 13.3. The third-order valence-electron chi connectivity index (χ3n) is 2.73. The number of hydrogen-bond acceptors (Lipinski definition) is 2. The van der Waals surface area contributed by atoms with Gasteiger partial charge in [0.15, 0.2) is 0 Å². The summed E-state index contributed by atoms with van der Waals surface area (Å²) in [4.78, 5) is 10.6. The largest absolute Gasteiger partial charge is 0.487 e. The molecule has 0 aliphatic rings. The minimum absolute atomic E-state index is 0.332. The number of carboxylic acid groups (broad SMARTS) is 1. The second-order valence-electron chi connectivity index (χ2n) is 4.21. The number of carbonyl (C=O) groups is 1. The Morgan fingerprint density at radius 3 is 2.71 bits per heavy atom. The molecule has 0 amide bonds. The van der Waals surface area contributed by atoms with Gasteiger partial charge in [0, 0.05) is 21.7 Å². The van der Waals surface area contributed by atoms with E-state index < -0.39 is 5.97 Å². The molecule has 21 heavy (non-hydrogen) atoms. The van der Waals surface area contributed by atoms with Crippen molar-refractivity contribution in [2.45, 2.75) is 6.61 Å². The molecular formula is C16H12BrClO3. The van der Waals surface area contributed by atoms with Crippen LogP contribution in [0.15, 0.2) is 53.0 Å². The van der Waals surface area contributed by atoms with Crippen LogP contribution in [0, 0.1) is 0 Å². The summed E-state index contributed by atoms with van der Waals surface area (Å²) in [6.07, 6.45) is 2.51. The van der Waals surface area contributed by atoms with E-state index in [4.69, 9.17) is 21.4 Å². The minimum atomic E-state index is -1.02. The molecule has 0 aliphatic carbocycles. The van der Waals surface area contributed by atoms with E-state index in [1.54, 1.807) is 18.2 Å². The van der Waals surface area contributed by atoms with E-state index in [1.165, 1.54) is 6.08 Å². The Bertz CT molecular complexity index is 683. The lowest BCUT2D eigenvalue weighted by Crippen LogP contribution is -1.98. The number of hydrogen-bond donors (Lipinski definition) is 1. The predicted octanol–water partition coefficient (Wildman–Crippen LogP) is 4.78. The topological polar surface area (TPSA) is 46.5 Å². The Morgan fingerprint density at radius 2 is 2.00 bits per heavy atom. The standard InChI is InChI=1S/C16H12BrClO3/c17-13-6-2-1-4-12(13)10-21-16-11(8-9-15(19)20)5-3-7-14(16)18/h1-9H,10H2,(H,19,20)/b9-8+. The van der Waals surface area contributed by atoms with Crippen LogP contribution in [-0.2, 0) is 11.4 Å². The molecule has 1 N–H and O–H groups in total. The number of benzene rings is 2. The van der Waals surface area contributed by atoms with Crippen molar-refractivity contribution in [3.8, 4) is 5.75 Å². The molecule has 2 aromatic carbocycles. The lowest BCUT2D eigenvalue weighted by Gasteiger charge is -2.12. The summed E-state index contributed by atoms with van der Waals surface area (Å²) >= 11 is 9.58. The number of aliphatic carboxylic acids is 1. The summed E-state index contributed by atoms with van der Waals surface area (Å²) in [5.41, 5.74) is 1.60. The predicted molar refractivity (Wildman–Crippen MR) is 86.6 cm³/mol. The number of rotatable bonds is 5. The highest BCUT2D eigenvalue weighted by Crippen LogP contribution is 2.31. The molecule has 0 bridgehead atoms. The molecule has 5 heteroatoms. The molecule has 0 atom stereocenters. The van der Waals surface area contributed by atoms with Crippen molar-refractivity contribution in [2.24, 2.45) is 0 Å². The van der Waals surface area contributed by atoms with Gasteiger partial charge in [-0.15, -0.1) is 0 Å². The Morgan fingerprint density at radius 1 is 1.24 bits per heavy atom. The van der Waals surface area contributed by atoms with Gasteiger partial charge in [0.2, 0.25) is 0 Å². The van der Waals surface area contributed by atoms with Crippen molar-refractivity contribution in [1.29, 1.82) is 0 Å². The Kier molecular flexibility index (Phi) is 5.42. The van der Waals surface area contributed by atoms with Crippen molar-refractivity contribution < 1.29 is 14.6 Å². The molecule has 0 aromatic heterocycles. The van der Waals surface area contributed by atoms with E-state index in [0.717, 1.165) is 16.1 Å². The third-order valence-corrected chi connectivity index (χ3v) is 3.80. The zero-order chi connectivity index (χ0) is 15.2. The smallest absolute Gasteiger partial charge is 0.328 e. The van der Waals surface area contributed by atoms with E-state index in [-0.39, 0.29) is 0 Å². The molecule has 0 fully saturated rings. The highest BCUT2D eigenvalue weighted by Gasteiger charge is 2.08. The van der Waals surface area contributed by atoms with Crippen LogP contribution in [0.4, 0.5) is 0 Å². The second kappa shape index (κ2) is 7.29. The number of carboxylic acids is 1. The summed E-state index contributed by atoms with van der Waals surface area (Å²) in [6, 6.07) is 12.9. The highest BCUT2D eigenvalue weighted by molar-refractivity contribution is 9.10. The fourth-order valence-electron chi connectivity index (χ4n) is 1.74. The maximum absolute atomic E-state index is 10.6. The lowest BCUT2D eigenvalue weighted by atomic mass is 10.2.